The minimum Gasteiger partial charge on any atom is -0.374 e. The van der Waals surface area contributed by atoms with E-state index in [1.807, 2.05) is 11.3 Å². The summed E-state index contributed by atoms with van der Waals surface area (Å²) < 4.78 is 6.01. The van der Waals surface area contributed by atoms with E-state index in [0.29, 0.717) is 12.1 Å². The van der Waals surface area contributed by atoms with E-state index in [4.69, 9.17) is 4.74 Å². The van der Waals surface area contributed by atoms with Crippen molar-refractivity contribution in [1.29, 1.82) is 0 Å². The van der Waals surface area contributed by atoms with Crippen LogP contribution in [0.4, 0.5) is 0 Å². The van der Waals surface area contributed by atoms with Crippen molar-refractivity contribution in [2.24, 2.45) is 0 Å². The second-order valence-electron chi connectivity index (χ2n) is 5.47. The third-order valence-corrected chi connectivity index (χ3v) is 4.91. The largest absolute Gasteiger partial charge is 0.374 e. The van der Waals surface area contributed by atoms with E-state index < -0.39 is 0 Å². The lowest BCUT2D eigenvalue weighted by molar-refractivity contribution is -0.0603. The molecule has 1 aliphatic heterocycles. The van der Waals surface area contributed by atoms with Gasteiger partial charge in [-0.25, -0.2) is 0 Å². The van der Waals surface area contributed by atoms with Crippen molar-refractivity contribution in [1.82, 2.24) is 10.2 Å². The van der Waals surface area contributed by atoms with Crippen molar-refractivity contribution < 1.29 is 4.74 Å². The number of hydrogen-bond acceptors (Lipinski definition) is 4. The molecule has 2 atom stereocenters. The summed E-state index contributed by atoms with van der Waals surface area (Å²) in [6.45, 7) is 5.04. The normalized spacial score (nSPS) is 29.7. The highest BCUT2D eigenvalue weighted by atomic mass is 32.1. The molecular formula is C14H22N2OS. The molecule has 1 saturated carbocycles. The molecule has 3 nitrogen and oxygen atoms in total. The van der Waals surface area contributed by atoms with Crippen LogP contribution in [0.15, 0.2) is 12.1 Å². The number of ether oxygens (including phenoxy) is 1. The fourth-order valence-electron chi connectivity index (χ4n) is 2.62. The Labute approximate surface area is 113 Å². The Balaban J connectivity index is 1.71. The molecule has 0 radical (unpaired) electrons. The summed E-state index contributed by atoms with van der Waals surface area (Å²) in [6.07, 6.45) is 2.97. The minimum atomic E-state index is 0.294. The molecule has 0 amide bonds. The summed E-state index contributed by atoms with van der Waals surface area (Å²) in [6, 6.07) is 5.66. The van der Waals surface area contributed by atoms with E-state index in [0.717, 1.165) is 25.7 Å². The summed E-state index contributed by atoms with van der Waals surface area (Å²) in [5.74, 6) is 0. The molecule has 0 aromatic carbocycles. The topological polar surface area (TPSA) is 24.5 Å². The number of nitrogens with one attached hydrogen (secondary N) is 1. The third-order valence-electron chi connectivity index (χ3n) is 3.84. The van der Waals surface area contributed by atoms with Gasteiger partial charge in [-0.05, 0) is 38.9 Å². The zero-order valence-corrected chi connectivity index (χ0v) is 12.0. The first kappa shape index (κ1) is 12.6. The molecule has 100 valence electrons. The number of hydrogen-bond donors (Lipinski definition) is 1. The number of aryl methyl sites for hydroxylation is 1. The molecule has 2 aliphatic rings. The van der Waals surface area contributed by atoms with Crippen molar-refractivity contribution in [3.63, 3.8) is 0 Å². The average Bonchev–Trinajstić information content (AvgIpc) is 3.09. The van der Waals surface area contributed by atoms with Crippen LogP contribution in [0.2, 0.25) is 0 Å². The molecule has 1 N–H and O–H groups in total. The first-order chi connectivity index (χ1) is 8.74. The molecule has 2 unspecified atom stereocenters. The Hall–Kier alpha value is -0.420. The molecule has 2 fully saturated rings. The molecule has 0 bridgehead atoms. The zero-order chi connectivity index (χ0) is 12.5. The molecular weight excluding hydrogens is 244 g/mol. The Bertz CT molecular complexity index is 402. The Morgan fingerprint density at radius 3 is 2.94 bits per heavy atom. The van der Waals surface area contributed by atoms with Crippen LogP contribution in [0.3, 0.4) is 0 Å². The monoisotopic (exact) mass is 266 g/mol. The first-order valence-electron chi connectivity index (χ1n) is 6.85. The second-order valence-corrected chi connectivity index (χ2v) is 6.79. The summed E-state index contributed by atoms with van der Waals surface area (Å²) in [4.78, 5) is 5.27. The van der Waals surface area contributed by atoms with Gasteiger partial charge in [0.15, 0.2) is 0 Å². The van der Waals surface area contributed by atoms with Gasteiger partial charge in [0.25, 0.3) is 0 Å². The minimum absolute atomic E-state index is 0.294. The molecule has 3 rings (SSSR count). The van der Waals surface area contributed by atoms with E-state index in [1.54, 1.807) is 0 Å². The van der Waals surface area contributed by atoms with Gasteiger partial charge in [0, 0.05) is 28.9 Å². The molecule has 1 saturated heterocycles. The predicted molar refractivity (Wildman–Crippen MR) is 75.2 cm³/mol. The average molecular weight is 266 g/mol. The number of thiophene rings is 1. The lowest BCUT2D eigenvalue weighted by Gasteiger charge is -2.38. The fourth-order valence-corrected chi connectivity index (χ4v) is 3.71. The SMILES string of the molecule is Cc1ccc(C2C(CNC3CC3)OCCN2C)s1. The van der Waals surface area contributed by atoms with Crippen LogP contribution < -0.4 is 5.32 Å². The van der Waals surface area contributed by atoms with E-state index in [9.17, 15) is 0 Å². The van der Waals surface area contributed by atoms with Gasteiger partial charge >= 0.3 is 0 Å². The van der Waals surface area contributed by atoms with Crippen molar-refractivity contribution in [2.45, 2.75) is 38.0 Å². The highest BCUT2D eigenvalue weighted by Gasteiger charge is 2.33. The summed E-state index contributed by atoms with van der Waals surface area (Å²) in [5, 5.41) is 3.61. The second kappa shape index (κ2) is 5.29. The van der Waals surface area contributed by atoms with Crippen molar-refractivity contribution in [3.05, 3.63) is 21.9 Å². The quantitative estimate of drug-likeness (QED) is 0.904. The van der Waals surface area contributed by atoms with Crippen LogP contribution in [-0.2, 0) is 4.74 Å². The summed E-state index contributed by atoms with van der Waals surface area (Å²) in [5.41, 5.74) is 0. The summed E-state index contributed by atoms with van der Waals surface area (Å²) in [7, 11) is 2.21. The number of likely N-dealkylation sites (N-methyl/N-ethyl adjacent to an activating group) is 1. The number of rotatable bonds is 4. The lowest BCUT2D eigenvalue weighted by Crippen LogP contribution is -2.47. The zero-order valence-electron chi connectivity index (χ0n) is 11.2. The van der Waals surface area contributed by atoms with Crippen LogP contribution >= 0.6 is 11.3 Å². The van der Waals surface area contributed by atoms with Crippen molar-refractivity contribution in [3.8, 4) is 0 Å². The third kappa shape index (κ3) is 2.77. The lowest BCUT2D eigenvalue weighted by atomic mass is 10.1. The summed E-state index contributed by atoms with van der Waals surface area (Å²) >= 11 is 1.90. The van der Waals surface area contributed by atoms with Crippen LogP contribution in [0.5, 0.6) is 0 Å². The Morgan fingerprint density at radius 2 is 2.28 bits per heavy atom. The number of morpholine rings is 1. The van der Waals surface area contributed by atoms with Gasteiger partial charge < -0.3 is 10.1 Å². The van der Waals surface area contributed by atoms with Gasteiger partial charge in [-0.3, -0.25) is 4.90 Å². The van der Waals surface area contributed by atoms with Crippen LogP contribution in [0.25, 0.3) is 0 Å². The maximum absolute atomic E-state index is 6.01. The first-order valence-corrected chi connectivity index (χ1v) is 7.67. The Morgan fingerprint density at radius 1 is 1.44 bits per heavy atom. The maximum Gasteiger partial charge on any atom is 0.0904 e. The van der Waals surface area contributed by atoms with E-state index in [1.165, 1.54) is 22.6 Å². The predicted octanol–water partition coefficient (Wildman–Crippen LogP) is 2.18. The standard InChI is InChI=1S/C14H22N2OS/c1-10-3-6-13(18-10)14-12(9-15-11-4-5-11)17-8-7-16(14)2/h3,6,11-12,14-15H,4-5,7-9H2,1-2H3. The van der Waals surface area contributed by atoms with E-state index in [2.05, 4.69) is 36.3 Å². The van der Waals surface area contributed by atoms with Crippen molar-refractivity contribution in [2.75, 3.05) is 26.7 Å². The van der Waals surface area contributed by atoms with Crippen LogP contribution in [0, 0.1) is 6.92 Å². The van der Waals surface area contributed by atoms with Gasteiger partial charge in [0.2, 0.25) is 0 Å². The van der Waals surface area contributed by atoms with Gasteiger partial charge in [-0.1, -0.05) is 0 Å². The van der Waals surface area contributed by atoms with Gasteiger partial charge in [-0.2, -0.15) is 0 Å². The van der Waals surface area contributed by atoms with E-state index in [-0.39, 0.29) is 0 Å². The maximum atomic E-state index is 6.01. The smallest absolute Gasteiger partial charge is 0.0904 e. The van der Waals surface area contributed by atoms with Gasteiger partial charge in [0.1, 0.15) is 0 Å². The van der Waals surface area contributed by atoms with Gasteiger partial charge in [-0.15, -0.1) is 11.3 Å². The van der Waals surface area contributed by atoms with Crippen molar-refractivity contribution >= 4 is 11.3 Å². The van der Waals surface area contributed by atoms with E-state index >= 15 is 0 Å². The van der Waals surface area contributed by atoms with Crippen LogP contribution in [-0.4, -0.2) is 43.8 Å². The Kier molecular flexibility index (Phi) is 3.71. The molecule has 4 heteroatoms. The fraction of sp³-hybridized carbons (Fsp3) is 0.714. The highest BCUT2D eigenvalue weighted by molar-refractivity contribution is 7.12. The van der Waals surface area contributed by atoms with Crippen LogP contribution in [0.1, 0.15) is 28.6 Å². The molecule has 2 heterocycles. The molecule has 1 aliphatic carbocycles. The molecule has 1 aromatic heterocycles. The molecule has 0 spiro atoms. The number of nitrogens with zero attached hydrogens (tertiary/aromatic N) is 1. The highest BCUT2D eigenvalue weighted by Crippen LogP contribution is 2.33. The molecule has 18 heavy (non-hydrogen) atoms. The molecule has 1 aromatic rings. The van der Waals surface area contributed by atoms with Gasteiger partial charge in [0.05, 0.1) is 18.8 Å².